The number of nitrogens with zero attached hydrogens (tertiary/aromatic N) is 2. The van der Waals surface area contributed by atoms with Crippen molar-refractivity contribution in [2.24, 2.45) is 0 Å². The van der Waals surface area contributed by atoms with Crippen LogP contribution in [0.4, 0.5) is 0 Å². The first kappa shape index (κ1) is 14.0. The van der Waals surface area contributed by atoms with Gasteiger partial charge in [0.2, 0.25) is 0 Å². The number of alkyl halides is 1. The topological polar surface area (TPSA) is 17.8 Å². The fourth-order valence-corrected chi connectivity index (χ4v) is 2.60. The number of imidazole rings is 1. The van der Waals surface area contributed by atoms with Crippen LogP contribution in [0.1, 0.15) is 12.7 Å². The molecule has 0 radical (unpaired) electrons. The molecule has 98 valence electrons. The summed E-state index contributed by atoms with van der Waals surface area (Å²) in [6.07, 6.45) is 2.91. The number of aryl methyl sites for hydroxylation is 1. The van der Waals surface area contributed by atoms with Gasteiger partial charge >= 0.3 is 0 Å². The minimum Gasteiger partial charge on any atom is -0.327 e. The van der Waals surface area contributed by atoms with Crippen molar-refractivity contribution >= 4 is 46.0 Å². The summed E-state index contributed by atoms with van der Waals surface area (Å²) >= 11 is 13.7. The maximum Gasteiger partial charge on any atom is 0.111 e. The Morgan fingerprint density at radius 1 is 1.44 bits per heavy atom. The fraction of sp³-hybridized carbons (Fsp3) is 0.462. The summed E-state index contributed by atoms with van der Waals surface area (Å²) in [6, 6.07) is 5.86. The monoisotopic (exact) mass is 302 g/mol. The maximum absolute atomic E-state index is 6.01. The lowest BCUT2D eigenvalue weighted by atomic mass is 10.3. The van der Waals surface area contributed by atoms with Gasteiger partial charge in [-0.15, -0.1) is 11.6 Å². The van der Waals surface area contributed by atoms with Crippen LogP contribution in [0.3, 0.4) is 0 Å². The molecule has 0 bridgehead atoms. The average molecular weight is 303 g/mol. The van der Waals surface area contributed by atoms with Crippen LogP contribution in [0.2, 0.25) is 5.02 Å². The van der Waals surface area contributed by atoms with Crippen LogP contribution in [0.25, 0.3) is 11.0 Å². The zero-order valence-electron chi connectivity index (χ0n) is 10.5. The molecule has 1 heterocycles. The summed E-state index contributed by atoms with van der Waals surface area (Å²) in [7, 11) is 0. The molecule has 0 aliphatic rings. The molecule has 1 aromatic carbocycles. The standard InChI is InChI=1S/C13H16Cl2N2S/c1-9(18-2)8-17-12-4-3-10(15)7-11(12)16-13(17)5-6-14/h3-4,7,9H,5-6,8H2,1-2H3. The van der Waals surface area contributed by atoms with Gasteiger partial charge in [-0.3, -0.25) is 0 Å². The predicted octanol–water partition coefficient (Wildman–Crippen LogP) is 4.22. The van der Waals surface area contributed by atoms with Crippen LogP contribution in [0, 0.1) is 0 Å². The normalized spacial score (nSPS) is 13.1. The van der Waals surface area contributed by atoms with Crippen LogP contribution in [0.15, 0.2) is 18.2 Å². The van der Waals surface area contributed by atoms with Crippen molar-refractivity contribution < 1.29 is 0 Å². The highest BCUT2D eigenvalue weighted by Gasteiger charge is 2.12. The molecular weight excluding hydrogens is 287 g/mol. The van der Waals surface area contributed by atoms with E-state index in [1.54, 1.807) is 0 Å². The first-order valence-electron chi connectivity index (χ1n) is 5.89. The van der Waals surface area contributed by atoms with E-state index < -0.39 is 0 Å². The van der Waals surface area contributed by atoms with Crippen LogP contribution >= 0.6 is 35.0 Å². The predicted molar refractivity (Wildman–Crippen MR) is 82.1 cm³/mol. The van der Waals surface area contributed by atoms with Crippen molar-refractivity contribution in [3.63, 3.8) is 0 Å². The Morgan fingerprint density at radius 3 is 2.89 bits per heavy atom. The summed E-state index contributed by atoms with van der Waals surface area (Å²) in [6.45, 7) is 3.17. The zero-order valence-corrected chi connectivity index (χ0v) is 12.8. The smallest absolute Gasteiger partial charge is 0.111 e. The van der Waals surface area contributed by atoms with Gasteiger partial charge in [0.25, 0.3) is 0 Å². The molecule has 1 aromatic heterocycles. The number of hydrogen-bond acceptors (Lipinski definition) is 2. The third-order valence-corrected chi connectivity index (χ3v) is 4.33. The average Bonchev–Trinajstić information content (AvgIpc) is 2.67. The third-order valence-electron chi connectivity index (χ3n) is 2.95. The Morgan fingerprint density at radius 2 is 2.22 bits per heavy atom. The van der Waals surface area contributed by atoms with Crippen molar-refractivity contribution in [3.8, 4) is 0 Å². The second-order valence-corrected chi connectivity index (χ2v) is 6.35. The highest BCUT2D eigenvalue weighted by molar-refractivity contribution is 7.99. The first-order valence-corrected chi connectivity index (χ1v) is 8.09. The molecule has 5 heteroatoms. The van der Waals surface area contributed by atoms with Crippen LogP contribution in [-0.2, 0) is 13.0 Å². The molecule has 0 N–H and O–H groups in total. The fourth-order valence-electron chi connectivity index (χ4n) is 1.96. The van der Waals surface area contributed by atoms with Gasteiger partial charge in [0, 0.05) is 29.1 Å². The van der Waals surface area contributed by atoms with Crippen molar-refractivity contribution in [2.45, 2.75) is 25.1 Å². The quantitative estimate of drug-likeness (QED) is 0.770. The van der Waals surface area contributed by atoms with Crippen molar-refractivity contribution in [3.05, 3.63) is 29.0 Å². The lowest BCUT2D eigenvalue weighted by Gasteiger charge is -2.13. The second kappa shape index (κ2) is 6.18. The minimum absolute atomic E-state index is 0.548. The second-order valence-electron chi connectivity index (χ2n) is 4.26. The Kier molecular flexibility index (Phi) is 4.82. The van der Waals surface area contributed by atoms with E-state index >= 15 is 0 Å². The van der Waals surface area contributed by atoms with E-state index in [1.165, 1.54) is 0 Å². The van der Waals surface area contributed by atoms with Gasteiger partial charge in [0.15, 0.2) is 0 Å². The van der Waals surface area contributed by atoms with E-state index in [2.05, 4.69) is 22.7 Å². The SMILES string of the molecule is CSC(C)Cn1c(CCCl)nc2cc(Cl)ccc21. The lowest BCUT2D eigenvalue weighted by molar-refractivity contribution is 0.672. The molecule has 1 unspecified atom stereocenters. The number of thioether (sulfide) groups is 1. The number of halogens is 2. The molecule has 0 amide bonds. The zero-order chi connectivity index (χ0) is 13.1. The van der Waals surface area contributed by atoms with Crippen molar-refractivity contribution in [1.29, 1.82) is 0 Å². The molecule has 0 saturated heterocycles. The molecule has 18 heavy (non-hydrogen) atoms. The van der Waals surface area contributed by atoms with Gasteiger partial charge in [0.1, 0.15) is 5.82 Å². The Hall–Kier alpha value is -0.380. The summed E-state index contributed by atoms with van der Waals surface area (Å²) in [5, 5.41) is 1.27. The van der Waals surface area contributed by atoms with Gasteiger partial charge in [0.05, 0.1) is 11.0 Å². The number of fused-ring (bicyclic) bond motifs is 1. The Balaban J connectivity index is 2.48. The molecule has 2 rings (SSSR count). The maximum atomic E-state index is 6.01. The van der Waals surface area contributed by atoms with E-state index in [9.17, 15) is 0 Å². The highest BCUT2D eigenvalue weighted by atomic mass is 35.5. The third kappa shape index (κ3) is 2.95. The van der Waals surface area contributed by atoms with E-state index in [0.29, 0.717) is 11.1 Å². The minimum atomic E-state index is 0.548. The number of rotatable bonds is 5. The number of benzene rings is 1. The summed E-state index contributed by atoms with van der Waals surface area (Å²) in [5.74, 6) is 1.63. The Labute approximate surface area is 122 Å². The number of aromatic nitrogens is 2. The molecule has 1 atom stereocenters. The van der Waals surface area contributed by atoms with Gasteiger partial charge in [-0.05, 0) is 24.5 Å². The largest absolute Gasteiger partial charge is 0.327 e. The van der Waals surface area contributed by atoms with E-state index in [4.69, 9.17) is 23.2 Å². The summed E-state index contributed by atoms with van der Waals surface area (Å²) in [4.78, 5) is 4.64. The van der Waals surface area contributed by atoms with Crippen LogP contribution in [-0.4, -0.2) is 26.9 Å². The molecule has 0 aliphatic carbocycles. The van der Waals surface area contributed by atoms with E-state index in [-0.39, 0.29) is 0 Å². The van der Waals surface area contributed by atoms with Gasteiger partial charge in [-0.25, -0.2) is 4.98 Å². The molecular formula is C13H16Cl2N2S. The molecule has 0 aliphatic heterocycles. The van der Waals surface area contributed by atoms with Crippen LogP contribution < -0.4 is 0 Å². The van der Waals surface area contributed by atoms with E-state index in [1.807, 2.05) is 30.0 Å². The van der Waals surface area contributed by atoms with Crippen LogP contribution in [0.5, 0.6) is 0 Å². The van der Waals surface area contributed by atoms with Crippen molar-refractivity contribution in [2.75, 3.05) is 12.1 Å². The van der Waals surface area contributed by atoms with Crippen molar-refractivity contribution in [1.82, 2.24) is 9.55 Å². The van der Waals surface area contributed by atoms with Gasteiger partial charge < -0.3 is 4.57 Å². The molecule has 0 saturated carbocycles. The summed E-state index contributed by atoms with van der Waals surface area (Å²) in [5.41, 5.74) is 2.09. The molecule has 2 nitrogen and oxygen atoms in total. The summed E-state index contributed by atoms with van der Waals surface area (Å²) < 4.78 is 2.26. The molecule has 0 spiro atoms. The van der Waals surface area contributed by atoms with Gasteiger partial charge in [-0.1, -0.05) is 18.5 Å². The first-order chi connectivity index (χ1) is 8.65. The Bertz CT molecular complexity index is 539. The lowest BCUT2D eigenvalue weighted by Crippen LogP contribution is -2.12. The van der Waals surface area contributed by atoms with E-state index in [0.717, 1.165) is 34.8 Å². The molecule has 0 fully saturated rings. The van der Waals surface area contributed by atoms with Gasteiger partial charge in [-0.2, -0.15) is 11.8 Å². The molecule has 2 aromatic rings. The highest BCUT2D eigenvalue weighted by Crippen LogP contribution is 2.23. The number of hydrogen-bond donors (Lipinski definition) is 0.